The molecule has 13 nitrogen and oxygen atoms in total. The third-order valence-electron chi connectivity index (χ3n) is 14.7. The van der Waals surface area contributed by atoms with E-state index in [0.29, 0.717) is 31.7 Å². The van der Waals surface area contributed by atoms with Crippen molar-refractivity contribution >= 4 is 34.1 Å². The molecule has 2 fully saturated rings. The number of aromatic nitrogens is 4. The molecule has 0 spiro atoms. The molecule has 2 saturated heterocycles. The summed E-state index contributed by atoms with van der Waals surface area (Å²) in [6, 6.07) is 55.7. The Morgan fingerprint density at radius 2 is 1.08 bits per heavy atom. The summed E-state index contributed by atoms with van der Waals surface area (Å²) < 4.78 is 1.83. The smallest absolute Gasteiger partial charge is 0.407 e. The first-order valence-corrected chi connectivity index (χ1v) is 26.0. The van der Waals surface area contributed by atoms with Gasteiger partial charge in [-0.25, -0.2) is 14.4 Å². The van der Waals surface area contributed by atoms with Gasteiger partial charge in [0.05, 0.1) is 22.1 Å². The summed E-state index contributed by atoms with van der Waals surface area (Å²) in [6.45, 7) is 7.23. The summed E-state index contributed by atoms with van der Waals surface area (Å²) in [5, 5.41) is 9.89. The van der Waals surface area contributed by atoms with Crippen LogP contribution in [0.25, 0.3) is 22.1 Å². The summed E-state index contributed by atoms with van der Waals surface area (Å²) in [6.07, 6.45) is 5.41. The monoisotopic (exact) mass is 981 g/mol. The van der Waals surface area contributed by atoms with Crippen molar-refractivity contribution in [2.75, 3.05) is 32.7 Å². The summed E-state index contributed by atoms with van der Waals surface area (Å²) in [5.41, 5.74) is 9.47. The van der Waals surface area contributed by atoms with E-state index >= 15 is 0 Å². The van der Waals surface area contributed by atoms with Crippen LogP contribution in [0, 0.1) is 0 Å². The summed E-state index contributed by atoms with van der Waals surface area (Å²) in [5.74, 6) is 0.683. The number of rotatable bonds is 18. The molecular formula is C60H68N8O5. The molecule has 2 atom stereocenters. The first-order chi connectivity index (χ1) is 35.7. The number of nitrogens with one attached hydrogen (secondary N) is 3. The van der Waals surface area contributed by atoms with Gasteiger partial charge in [0.2, 0.25) is 5.91 Å². The van der Waals surface area contributed by atoms with Gasteiger partial charge in [-0.15, -0.1) is 0 Å². The number of nitrogens with zero attached hydrogens (tertiary/aromatic N) is 5. The summed E-state index contributed by atoms with van der Waals surface area (Å²) >= 11 is 0. The topological polar surface area (TPSA) is 154 Å². The predicted molar refractivity (Wildman–Crippen MR) is 289 cm³/mol. The SMILES string of the molecule is O=C(CCCN(Cc1ccccc1)Cc1ccccc1)N1CCC(c2ccc3[nH]c(=O)[nH]c3c2)CC1.O=C(O)N1CCC(n2c(=O)[nH]c3ccccc32)C[C@@H]1CCCN(Cc1ccccc1)Cc1ccccc1. The molecule has 0 bridgehead atoms. The molecule has 0 radical (unpaired) electrons. The van der Waals surface area contributed by atoms with Crippen molar-refractivity contribution in [1.29, 1.82) is 0 Å². The van der Waals surface area contributed by atoms with Crippen LogP contribution in [0.2, 0.25) is 0 Å². The normalized spacial score (nSPS) is 16.2. The lowest BCUT2D eigenvalue weighted by molar-refractivity contribution is -0.132. The Hall–Kier alpha value is -7.48. The van der Waals surface area contributed by atoms with Crippen molar-refractivity contribution < 1.29 is 14.7 Å². The van der Waals surface area contributed by atoms with E-state index in [0.717, 1.165) is 107 Å². The fourth-order valence-corrected chi connectivity index (χ4v) is 10.9. The fourth-order valence-electron chi connectivity index (χ4n) is 10.9. The van der Waals surface area contributed by atoms with Crippen LogP contribution in [0.5, 0.6) is 0 Å². The molecule has 8 aromatic rings. The van der Waals surface area contributed by atoms with Gasteiger partial charge in [-0.1, -0.05) is 140 Å². The largest absolute Gasteiger partial charge is 0.465 e. The maximum Gasteiger partial charge on any atom is 0.407 e. The van der Waals surface area contributed by atoms with Gasteiger partial charge in [-0.2, -0.15) is 0 Å². The Morgan fingerprint density at radius 3 is 1.64 bits per heavy atom. The second-order valence-corrected chi connectivity index (χ2v) is 19.8. The molecule has 0 saturated carbocycles. The van der Waals surface area contributed by atoms with Crippen LogP contribution in [0.3, 0.4) is 0 Å². The average molecular weight is 981 g/mol. The molecule has 2 aromatic heterocycles. The zero-order chi connectivity index (χ0) is 50.4. The summed E-state index contributed by atoms with van der Waals surface area (Å²) in [7, 11) is 0. The van der Waals surface area contributed by atoms with Crippen LogP contribution >= 0.6 is 0 Å². The molecule has 4 heterocycles. The van der Waals surface area contributed by atoms with Crippen molar-refractivity contribution in [2.45, 2.75) is 95.5 Å². The zero-order valence-corrected chi connectivity index (χ0v) is 41.7. The number of carbonyl (C=O) groups is 2. The van der Waals surface area contributed by atoms with Gasteiger partial charge >= 0.3 is 17.5 Å². The molecule has 2 aliphatic heterocycles. The highest BCUT2D eigenvalue weighted by atomic mass is 16.4. The Bertz CT molecular complexity index is 3030. The molecule has 2 aliphatic rings. The van der Waals surface area contributed by atoms with Crippen LogP contribution < -0.4 is 11.4 Å². The van der Waals surface area contributed by atoms with E-state index in [9.17, 15) is 24.3 Å². The number of piperidine rings is 2. The maximum absolute atomic E-state index is 13.0. The van der Waals surface area contributed by atoms with Crippen LogP contribution in [-0.4, -0.2) is 95.0 Å². The Balaban J connectivity index is 0.000000180. The Morgan fingerprint density at radius 1 is 0.562 bits per heavy atom. The van der Waals surface area contributed by atoms with E-state index in [1.54, 1.807) is 4.90 Å². The Labute approximate surface area is 427 Å². The molecule has 378 valence electrons. The van der Waals surface area contributed by atoms with Gasteiger partial charge in [0.15, 0.2) is 0 Å². The van der Waals surface area contributed by atoms with E-state index in [1.807, 2.05) is 64.1 Å². The van der Waals surface area contributed by atoms with Crippen LogP contribution in [0.4, 0.5) is 4.79 Å². The third kappa shape index (κ3) is 13.7. The number of amides is 2. The number of aromatic amines is 3. The van der Waals surface area contributed by atoms with E-state index in [1.165, 1.54) is 27.8 Å². The highest BCUT2D eigenvalue weighted by Crippen LogP contribution is 2.32. The molecule has 2 amide bonds. The van der Waals surface area contributed by atoms with Gasteiger partial charge in [0.25, 0.3) is 0 Å². The van der Waals surface area contributed by atoms with Crippen molar-refractivity contribution in [3.63, 3.8) is 0 Å². The number of imidazole rings is 2. The highest BCUT2D eigenvalue weighted by molar-refractivity contribution is 5.77. The van der Waals surface area contributed by atoms with Crippen molar-refractivity contribution in [3.05, 3.63) is 213 Å². The highest BCUT2D eigenvalue weighted by Gasteiger charge is 2.33. The number of H-pyrrole nitrogens is 3. The van der Waals surface area contributed by atoms with Crippen LogP contribution in [0.15, 0.2) is 173 Å². The lowest BCUT2D eigenvalue weighted by Gasteiger charge is -2.38. The van der Waals surface area contributed by atoms with Gasteiger partial charge in [0.1, 0.15) is 0 Å². The van der Waals surface area contributed by atoms with E-state index in [2.05, 4.69) is 134 Å². The lowest BCUT2D eigenvalue weighted by Crippen LogP contribution is -2.47. The number of carbonyl (C=O) groups excluding carboxylic acids is 1. The molecule has 73 heavy (non-hydrogen) atoms. The second-order valence-electron chi connectivity index (χ2n) is 19.8. The first-order valence-electron chi connectivity index (χ1n) is 26.0. The van der Waals surface area contributed by atoms with E-state index in [-0.39, 0.29) is 29.4 Å². The second kappa shape index (κ2) is 24.8. The van der Waals surface area contributed by atoms with E-state index in [4.69, 9.17) is 0 Å². The number of carboxylic acid groups (broad SMARTS) is 1. The van der Waals surface area contributed by atoms with Gasteiger partial charge in [-0.05, 0) is 116 Å². The number of para-hydroxylation sites is 2. The van der Waals surface area contributed by atoms with Crippen molar-refractivity contribution in [1.82, 2.24) is 39.1 Å². The third-order valence-corrected chi connectivity index (χ3v) is 14.7. The molecule has 4 N–H and O–H groups in total. The van der Waals surface area contributed by atoms with Crippen LogP contribution in [-0.2, 0) is 31.0 Å². The molecule has 1 unspecified atom stereocenters. The quantitative estimate of drug-likeness (QED) is 0.0668. The van der Waals surface area contributed by atoms with Gasteiger partial charge in [0, 0.05) is 64.3 Å². The Kier molecular flexibility index (Phi) is 17.1. The number of hydrogen-bond donors (Lipinski definition) is 4. The fraction of sp³-hybridized carbons (Fsp3) is 0.333. The molecule has 13 heteroatoms. The molecule has 6 aromatic carbocycles. The van der Waals surface area contributed by atoms with E-state index < -0.39 is 6.09 Å². The minimum Gasteiger partial charge on any atom is -0.465 e. The maximum atomic E-state index is 13.0. The van der Waals surface area contributed by atoms with Gasteiger partial charge < -0.3 is 29.9 Å². The standard InChI is InChI=1S/C30H34N4O3.C30H34N4O2/c35-29-31-27-15-7-8-16-28(27)34(29)26-17-19-33(30(36)37)25(20-26)14-9-18-32(21-23-10-3-1-4-11-23)22-24-12-5-2-6-13-24;35-29(34-18-15-25(16-19-34)26-13-14-27-28(20-26)32-30(36)31-27)12-7-17-33(21-23-8-3-1-4-9-23)22-24-10-5-2-6-11-24/h1-8,10-13,15-16,25-26H,9,14,17-22H2,(H,31,35)(H,36,37);1-6,8-11,13-14,20,25H,7,12,15-19,21-22H2,(H2,31,32,36)/t25-,26?;/m0./s1. The minimum atomic E-state index is -0.875. The number of fused-ring (bicyclic) bond motifs is 2. The lowest BCUT2D eigenvalue weighted by atomic mass is 9.89. The minimum absolute atomic E-state index is 0.0195. The number of hydrogen-bond acceptors (Lipinski definition) is 6. The van der Waals surface area contributed by atoms with Gasteiger partial charge in [-0.3, -0.25) is 19.2 Å². The molecule has 10 rings (SSSR count). The molecule has 0 aliphatic carbocycles. The van der Waals surface area contributed by atoms with Crippen LogP contribution in [0.1, 0.15) is 91.1 Å². The number of benzene rings is 6. The predicted octanol–water partition coefficient (Wildman–Crippen LogP) is 10.5. The van der Waals surface area contributed by atoms with Crippen molar-refractivity contribution in [3.8, 4) is 0 Å². The summed E-state index contributed by atoms with van der Waals surface area (Å²) in [4.78, 5) is 66.4. The average Bonchev–Trinajstić information content (AvgIpc) is 3.97. The number of likely N-dealkylation sites (tertiary alicyclic amines) is 2. The molecular weight excluding hydrogens is 913 g/mol. The first kappa shape index (κ1) is 50.5. The van der Waals surface area contributed by atoms with Crippen molar-refractivity contribution in [2.24, 2.45) is 0 Å². The zero-order valence-electron chi connectivity index (χ0n) is 41.7.